The molecule has 2 heterocycles. The molecule has 8 nitrogen and oxygen atoms in total. The van der Waals surface area contributed by atoms with Gasteiger partial charge in [0.25, 0.3) is 5.56 Å². The van der Waals surface area contributed by atoms with Gasteiger partial charge in [0, 0.05) is 26.3 Å². The Balaban J connectivity index is 2.42. The number of rotatable bonds is 4. The molecule has 0 bridgehead atoms. The van der Waals surface area contributed by atoms with Crippen molar-refractivity contribution in [2.24, 2.45) is 14.1 Å². The van der Waals surface area contributed by atoms with E-state index in [9.17, 15) is 14.9 Å². The zero-order valence-electron chi connectivity index (χ0n) is 13.9. The monoisotopic (exact) mass is 316 g/mol. The molecule has 0 radical (unpaired) electrons. The lowest BCUT2D eigenvalue weighted by Crippen LogP contribution is -2.41. The van der Waals surface area contributed by atoms with E-state index in [0.717, 1.165) is 10.1 Å². The maximum atomic E-state index is 12.1. The highest BCUT2D eigenvalue weighted by Gasteiger charge is 2.20. The van der Waals surface area contributed by atoms with Crippen molar-refractivity contribution in [3.63, 3.8) is 0 Å². The molecular formula is C15H20N6O2. The van der Waals surface area contributed by atoms with E-state index in [1.54, 1.807) is 10.9 Å². The maximum Gasteiger partial charge on any atom is 0.332 e. The van der Waals surface area contributed by atoms with Crippen LogP contribution >= 0.6 is 0 Å². The van der Waals surface area contributed by atoms with E-state index < -0.39 is 11.2 Å². The Labute approximate surface area is 133 Å². The maximum absolute atomic E-state index is 12.1. The Hall–Kier alpha value is -2.82. The van der Waals surface area contributed by atoms with Gasteiger partial charge in [-0.15, -0.1) is 0 Å². The molecule has 0 saturated carbocycles. The minimum atomic E-state index is -0.604. The number of aromatic nitrogens is 4. The fourth-order valence-corrected chi connectivity index (χ4v) is 2.34. The van der Waals surface area contributed by atoms with Crippen LogP contribution < -0.4 is 16.6 Å². The Morgan fingerprint density at radius 3 is 2.43 bits per heavy atom. The minimum absolute atomic E-state index is 0.0330. The van der Waals surface area contributed by atoms with Gasteiger partial charge in [-0.25, -0.2) is 4.79 Å². The summed E-state index contributed by atoms with van der Waals surface area (Å²) in [5, 5.41) is 16.7. The second kappa shape index (κ2) is 6.12. The summed E-state index contributed by atoms with van der Waals surface area (Å²) in [5.74, 6) is 0.226. The SMILES string of the molecule is Cc1cnn([C@@H](C)[C@@H](C)Nc2c(C#N)c(=O)n(C)c(=O)n2C)c1. The molecule has 0 saturated heterocycles. The molecule has 0 spiro atoms. The van der Waals surface area contributed by atoms with Gasteiger partial charge in [0.1, 0.15) is 11.9 Å². The molecule has 2 aromatic heterocycles. The van der Waals surface area contributed by atoms with Crippen molar-refractivity contribution in [2.45, 2.75) is 32.9 Å². The highest BCUT2D eigenvalue weighted by molar-refractivity contribution is 5.51. The topological polar surface area (TPSA) is 97.6 Å². The first-order valence-electron chi connectivity index (χ1n) is 7.25. The van der Waals surface area contributed by atoms with Crippen molar-refractivity contribution in [1.29, 1.82) is 5.26 Å². The molecule has 1 N–H and O–H groups in total. The van der Waals surface area contributed by atoms with Crippen molar-refractivity contribution in [3.8, 4) is 6.07 Å². The van der Waals surface area contributed by atoms with Gasteiger partial charge in [0.05, 0.1) is 12.2 Å². The van der Waals surface area contributed by atoms with E-state index in [1.165, 1.54) is 18.7 Å². The van der Waals surface area contributed by atoms with Crippen molar-refractivity contribution < 1.29 is 0 Å². The molecule has 23 heavy (non-hydrogen) atoms. The van der Waals surface area contributed by atoms with Gasteiger partial charge in [-0.3, -0.25) is 18.6 Å². The third kappa shape index (κ3) is 2.90. The van der Waals surface area contributed by atoms with Crippen LogP contribution in [0.1, 0.15) is 31.0 Å². The molecule has 0 fully saturated rings. The number of aryl methyl sites for hydroxylation is 1. The number of nitrogens with one attached hydrogen (secondary N) is 1. The lowest BCUT2D eigenvalue weighted by atomic mass is 10.1. The summed E-state index contributed by atoms with van der Waals surface area (Å²) in [4.78, 5) is 24.1. The molecule has 0 unspecified atom stereocenters. The number of anilines is 1. The normalized spacial score (nSPS) is 13.4. The van der Waals surface area contributed by atoms with E-state index in [4.69, 9.17) is 0 Å². The van der Waals surface area contributed by atoms with Gasteiger partial charge in [0.15, 0.2) is 5.56 Å². The predicted octanol–water partition coefficient (Wildman–Crippen LogP) is 0.522. The summed E-state index contributed by atoms with van der Waals surface area (Å²) in [6.07, 6.45) is 3.68. The molecule has 0 aliphatic rings. The van der Waals surface area contributed by atoms with E-state index in [2.05, 4.69) is 10.4 Å². The van der Waals surface area contributed by atoms with Gasteiger partial charge in [0.2, 0.25) is 0 Å². The van der Waals surface area contributed by atoms with Crippen molar-refractivity contribution in [3.05, 3.63) is 44.4 Å². The average molecular weight is 316 g/mol. The summed E-state index contributed by atoms with van der Waals surface area (Å²) in [6.45, 7) is 5.83. The lowest BCUT2D eigenvalue weighted by Gasteiger charge is -2.24. The molecule has 2 rings (SSSR count). The molecule has 122 valence electrons. The van der Waals surface area contributed by atoms with Crippen LogP contribution in [0.25, 0.3) is 0 Å². The van der Waals surface area contributed by atoms with E-state index in [0.29, 0.717) is 0 Å². The number of nitriles is 1. The number of nitrogens with zero attached hydrogens (tertiary/aromatic N) is 5. The fraction of sp³-hybridized carbons (Fsp3) is 0.467. The van der Waals surface area contributed by atoms with E-state index >= 15 is 0 Å². The molecule has 0 amide bonds. The standard InChI is InChI=1S/C15H20N6O2/c1-9-7-17-21(8-9)11(3)10(2)18-13-12(6-16)14(22)20(5)15(23)19(13)4/h7-8,10-11,18H,1-5H3/t10-,11+/m1/s1. The molecule has 8 heteroatoms. The van der Waals surface area contributed by atoms with Crippen LogP contribution in [0, 0.1) is 18.3 Å². The van der Waals surface area contributed by atoms with Crippen molar-refractivity contribution in [1.82, 2.24) is 18.9 Å². The molecule has 0 aromatic carbocycles. The number of hydrogen-bond donors (Lipinski definition) is 1. The van der Waals surface area contributed by atoms with Gasteiger partial charge in [-0.05, 0) is 26.3 Å². The minimum Gasteiger partial charge on any atom is -0.365 e. The Morgan fingerprint density at radius 1 is 1.26 bits per heavy atom. The molecule has 2 aromatic rings. The third-order valence-electron chi connectivity index (χ3n) is 4.01. The average Bonchev–Trinajstić information content (AvgIpc) is 2.96. The summed E-state index contributed by atoms with van der Waals surface area (Å²) in [7, 11) is 2.88. The predicted molar refractivity (Wildman–Crippen MR) is 86.4 cm³/mol. The van der Waals surface area contributed by atoms with Crippen LogP contribution in [-0.4, -0.2) is 25.0 Å². The number of hydrogen-bond acceptors (Lipinski definition) is 5. The first-order chi connectivity index (χ1) is 10.8. The molecule has 2 atom stereocenters. The van der Waals surface area contributed by atoms with Crippen LogP contribution in [0.3, 0.4) is 0 Å². The van der Waals surface area contributed by atoms with Gasteiger partial charge >= 0.3 is 5.69 Å². The summed E-state index contributed by atoms with van der Waals surface area (Å²) in [6, 6.07) is 1.70. The van der Waals surface area contributed by atoms with Gasteiger partial charge in [-0.2, -0.15) is 10.4 Å². The van der Waals surface area contributed by atoms with Gasteiger partial charge < -0.3 is 5.32 Å². The van der Waals surface area contributed by atoms with Crippen LogP contribution in [0.5, 0.6) is 0 Å². The molecule has 0 aliphatic carbocycles. The van der Waals surface area contributed by atoms with Crippen LogP contribution in [0.4, 0.5) is 5.82 Å². The summed E-state index contributed by atoms with van der Waals surface area (Å²) in [5.41, 5.74) is -0.118. The van der Waals surface area contributed by atoms with E-state index in [1.807, 2.05) is 33.0 Å². The summed E-state index contributed by atoms with van der Waals surface area (Å²) < 4.78 is 4.00. The molecule has 0 aliphatic heterocycles. The van der Waals surface area contributed by atoms with Crippen LogP contribution in [-0.2, 0) is 14.1 Å². The second-order valence-corrected chi connectivity index (χ2v) is 5.71. The Kier molecular flexibility index (Phi) is 4.40. The highest BCUT2D eigenvalue weighted by Crippen LogP contribution is 2.17. The van der Waals surface area contributed by atoms with E-state index in [-0.39, 0.29) is 23.5 Å². The largest absolute Gasteiger partial charge is 0.365 e. The zero-order chi connectivity index (χ0) is 17.3. The lowest BCUT2D eigenvalue weighted by molar-refractivity contribution is 0.441. The van der Waals surface area contributed by atoms with Crippen molar-refractivity contribution >= 4 is 5.82 Å². The van der Waals surface area contributed by atoms with Crippen molar-refractivity contribution in [2.75, 3.05) is 5.32 Å². The smallest absolute Gasteiger partial charge is 0.332 e. The second-order valence-electron chi connectivity index (χ2n) is 5.71. The third-order valence-corrected chi connectivity index (χ3v) is 4.01. The Morgan fingerprint density at radius 2 is 1.91 bits per heavy atom. The van der Waals surface area contributed by atoms with Crippen LogP contribution in [0.2, 0.25) is 0 Å². The first-order valence-corrected chi connectivity index (χ1v) is 7.25. The van der Waals surface area contributed by atoms with Gasteiger partial charge in [-0.1, -0.05) is 0 Å². The summed E-state index contributed by atoms with van der Waals surface area (Å²) >= 11 is 0. The molecular weight excluding hydrogens is 296 g/mol. The van der Waals surface area contributed by atoms with Crippen LogP contribution in [0.15, 0.2) is 22.0 Å². The zero-order valence-corrected chi connectivity index (χ0v) is 13.9. The first kappa shape index (κ1) is 16.5. The highest BCUT2D eigenvalue weighted by atomic mass is 16.2. The Bertz CT molecular complexity index is 883. The fourth-order valence-electron chi connectivity index (χ4n) is 2.34. The quantitative estimate of drug-likeness (QED) is 0.887.